The molecule has 2 rings (SSSR count). The molecule has 2 aromatic rings. The van der Waals surface area contributed by atoms with Gasteiger partial charge in [0.15, 0.2) is 0 Å². The predicted molar refractivity (Wildman–Crippen MR) is 77.6 cm³/mol. The molecule has 0 saturated carbocycles. The number of carbonyl (C=O) groups excluding carboxylic acids is 1. The SMILES string of the molecule is Cc1ccc(Br)cc1NC(=O)C(N)c1cnn(C)c1. The van der Waals surface area contributed by atoms with Crippen LogP contribution in [0.4, 0.5) is 5.69 Å². The summed E-state index contributed by atoms with van der Waals surface area (Å²) < 4.78 is 2.52. The van der Waals surface area contributed by atoms with Gasteiger partial charge in [-0.25, -0.2) is 0 Å². The number of nitrogens with two attached hydrogens (primary N) is 1. The minimum Gasteiger partial charge on any atom is -0.324 e. The zero-order valence-electron chi connectivity index (χ0n) is 10.7. The number of nitrogens with zero attached hydrogens (tertiary/aromatic N) is 2. The average Bonchev–Trinajstić information content (AvgIpc) is 2.79. The smallest absolute Gasteiger partial charge is 0.246 e. The van der Waals surface area contributed by atoms with E-state index in [-0.39, 0.29) is 5.91 Å². The van der Waals surface area contributed by atoms with Crippen molar-refractivity contribution in [3.05, 3.63) is 46.2 Å². The highest BCUT2D eigenvalue weighted by molar-refractivity contribution is 9.10. The molecule has 0 spiro atoms. The number of hydrogen-bond donors (Lipinski definition) is 2. The summed E-state index contributed by atoms with van der Waals surface area (Å²) in [6.07, 6.45) is 3.33. The Morgan fingerprint density at radius 3 is 2.89 bits per heavy atom. The minimum absolute atomic E-state index is 0.255. The van der Waals surface area contributed by atoms with Crippen LogP contribution in [0.2, 0.25) is 0 Å². The highest BCUT2D eigenvalue weighted by Crippen LogP contribution is 2.22. The van der Waals surface area contributed by atoms with E-state index in [9.17, 15) is 4.79 Å². The highest BCUT2D eigenvalue weighted by Gasteiger charge is 2.18. The number of hydrogen-bond acceptors (Lipinski definition) is 3. The van der Waals surface area contributed by atoms with Crippen molar-refractivity contribution < 1.29 is 4.79 Å². The molecular weight excluding hydrogens is 308 g/mol. The molecule has 5 nitrogen and oxygen atoms in total. The van der Waals surface area contributed by atoms with Crippen LogP contribution in [0.3, 0.4) is 0 Å². The first-order valence-electron chi connectivity index (χ1n) is 5.78. The van der Waals surface area contributed by atoms with Crippen molar-refractivity contribution in [2.45, 2.75) is 13.0 Å². The van der Waals surface area contributed by atoms with Crippen LogP contribution in [-0.2, 0) is 11.8 Å². The van der Waals surface area contributed by atoms with Crippen LogP contribution in [-0.4, -0.2) is 15.7 Å². The van der Waals surface area contributed by atoms with Crippen molar-refractivity contribution in [2.24, 2.45) is 12.8 Å². The Morgan fingerprint density at radius 2 is 2.26 bits per heavy atom. The number of amides is 1. The first kappa shape index (κ1) is 13.8. The van der Waals surface area contributed by atoms with Gasteiger partial charge in [-0.1, -0.05) is 22.0 Å². The van der Waals surface area contributed by atoms with Crippen LogP contribution in [0, 0.1) is 6.92 Å². The van der Waals surface area contributed by atoms with Crippen molar-refractivity contribution in [1.82, 2.24) is 9.78 Å². The van der Waals surface area contributed by atoms with E-state index in [0.29, 0.717) is 5.56 Å². The maximum Gasteiger partial charge on any atom is 0.246 e. The topological polar surface area (TPSA) is 72.9 Å². The normalized spacial score (nSPS) is 12.2. The number of anilines is 1. The fourth-order valence-electron chi connectivity index (χ4n) is 1.69. The van der Waals surface area contributed by atoms with Gasteiger partial charge in [0.05, 0.1) is 6.20 Å². The maximum atomic E-state index is 12.1. The summed E-state index contributed by atoms with van der Waals surface area (Å²) in [5, 5.41) is 6.84. The molecular formula is C13H15BrN4O. The number of aromatic nitrogens is 2. The van der Waals surface area contributed by atoms with Crippen molar-refractivity contribution in [1.29, 1.82) is 0 Å². The van der Waals surface area contributed by atoms with Crippen LogP contribution >= 0.6 is 15.9 Å². The molecule has 0 radical (unpaired) electrons. The quantitative estimate of drug-likeness (QED) is 0.909. The number of carbonyl (C=O) groups is 1. The molecule has 100 valence electrons. The lowest BCUT2D eigenvalue weighted by molar-refractivity contribution is -0.117. The second kappa shape index (κ2) is 5.54. The molecule has 6 heteroatoms. The average molecular weight is 323 g/mol. The van der Waals surface area contributed by atoms with Gasteiger partial charge >= 0.3 is 0 Å². The third kappa shape index (κ3) is 3.21. The summed E-state index contributed by atoms with van der Waals surface area (Å²) in [6, 6.07) is 4.97. The van der Waals surface area contributed by atoms with Gasteiger partial charge < -0.3 is 11.1 Å². The van der Waals surface area contributed by atoms with E-state index in [1.165, 1.54) is 0 Å². The Kier molecular flexibility index (Phi) is 4.01. The van der Waals surface area contributed by atoms with Crippen LogP contribution in [0.25, 0.3) is 0 Å². The van der Waals surface area contributed by atoms with Crippen molar-refractivity contribution in [2.75, 3.05) is 5.32 Å². The van der Waals surface area contributed by atoms with Gasteiger partial charge in [0.25, 0.3) is 0 Å². The zero-order chi connectivity index (χ0) is 14.0. The summed E-state index contributed by atoms with van der Waals surface area (Å²) in [5.74, 6) is -0.255. The molecule has 1 aromatic carbocycles. The lowest BCUT2D eigenvalue weighted by Crippen LogP contribution is -2.27. The molecule has 1 unspecified atom stereocenters. The first-order valence-corrected chi connectivity index (χ1v) is 6.58. The van der Waals surface area contributed by atoms with E-state index in [4.69, 9.17) is 5.73 Å². The van der Waals surface area contributed by atoms with Crippen molar-refractivity contribution in [3.63, 3.8) is 0 Å². The van der Waals surface area contributed by atoms with Gasteiger partial charge in [0, 0.05) is 29.0 Å². The molecule has 0 aliphatic heterocycles. The summed E-state index contributed by atoms with van der Waals surface area (Å²) >= 11 is 3.38. The standard InChI is InChI=1S/C13H15BrN4O/c1-8-3-4-10(14)5-11(8)17-13(19)12(15)9-6-16-18(2)7-9/h3-7,12H,15H2,1-2H3,(H,17,19). The van der Waals surface area contributed by atoms with Crippen LogP contribution in [0.5, 0.6) is 0 Å². The second-order valence-corrected chi connectivity index (χ2v) is 5.29. The Hall–Kier alpha value is -1.66. The molecule has 1 aromatic heterocycles. The van der Waals surface area contributed by atoms with Crippen LogP contribution in [0.1, 0.15) is 17.2 Å². The van der Waals surface area contributed by atoms with Crippen LogP contribution < -0.4 is 11.1 Å². The summed E-state index contributed by atoms with van der Waals surface area (Å²) in [6.45, 7) is 1.93. The minimum atomic E-state index is -0.730. The number of rotatable bonds is 3. The molecule has 0 fully saturated rings. The van der Waals surface area contributed by atoms with Gasteiger partial charge in [-0.15, -0.1) is 0 Å². The monoisotopic (exact) mass is 322 g/mol. The van der Waals surface area contributed by atoms with E-state index < -0.39 is 6.04 Å². The number of halogens is 1. The molecule has 0 aliphatic carbocycles. The first-order chi connectivity index (χ1) is 8.97. The zero-order valence-corrected chi connectivity index (χ0v) is 12.3. The third-order valence-corrected chi connectivity index (χ3v) is 3.32. The number of benzene rings is 1. The van der Waals surface area contributed by atoms with Gasteiger partial charge in [-0.05, 0) is 24.6 Å². The number of nitrogens with one attached hydrogen (secondary N) is 1. The molecule has 0 aliphatic rings. The molecule has 19 heavy (non-hydrogen) atoms. The number of aryl methyl sites for hydroxylation is 2. The van der Waals surface area contributed by atoms with E-state index in [0.717, 1.165) is 15.7 Å². The Morgan fingerprint density at radius 1 is 1.53 bits per heavy atom. The fraction of sp³-hybridized carbons (Fsp3) is 0.231. The fourth-order valence-corrected chi connectivity index (χ4v) is 2.05. The van der Waals surface area contributed by atoms with Gasteiger partial charge in [-0.2, -0.15) is 5.10 Å². The summed E-state index contributed by atoms with van der Waals surface area (Å²) in [5.41, 5.74) is 8.33. The molecule has 1 heterocycles. The van der Waals surface area contributed by atoms with Crippen molar-refractivity contribution in [3.8, 4) is 0 Å². The Labute approximate surface area is 119 Å². The van der Waals surface area contributed by atoms with Gasteiger partial charge in [0.1, 0.15) is 6.04 Å². The molecule has 1 amide bonds. The maximum absolute atomic E-state index is 12.1. The van der Waals surface area contributed by atoms with Crippen molar-refractivity contribution >= 4 is 27.5 Å². The third-order valence-electron chi connectivity index (χ3n) is 2.82. The molecule has 0 saturated heterocycles. The second-order valence-electron chi connectivity index (χ2n) is 4.37. The largest absolute Gasteiger partial charge is 0.324 e. The van der Waals surface area contributed by atoms with Gasteiger partial charge in [0.2, 0.25) is 5.91 Å². The molecule has 1 atom stereocenters. The van der Waals surface area contributed by atoms with E-state index in [1.54, 1.807) is 24.1 Å². The van der Waals surface area contributed by atoms with Gasteiger partial charge in [-0.3, -0.25) is 9.48 Å². The predicted octanol–water partition coefficient (Wildman–Crippen LogP) is 2.13. The van der Waals surface area contributed by atoms with E-state index >= 15 is 0 Å². The Bertz CT molecular complexity index is 608. The van der Waals surface area contributed by atoms with E-state index in [2.05, 4.69) is 26.3 Å². The Balaban J connectivity index is 2.14. The molecule has 3 N–H and O–H groups in total. The molecule has 0 bridgehead atoms. The van der Waals surface area contributed by atoms with Crippen LogP contribution in [0.15, 0.2) is 35.1 Å². The lowest BCUT2D eigenvalue weighted by atomic mass is 10.1. The summed E-state index contributed by atoms with van der Waals surface area (Å²) in [7, 11) is 1.78. The lowest BCUT2D eigenvalue weighted by Gasteiger charge is -2.12. The van der Waals surface area contributed by atoms with E-state index in [1.807, 2.05) is 25.1 Å². The summed E-state index contributed by atoms with van der Waals surface area (Å²) in [4.78, 5) is 12.1. The highest BCUT2D eigenvalue weighted by atomic mass is 79.9.